The van der Waals surface area contributed by atoms with Crippen LogP contribution in [0.1, 0.15) is 12.0 Å². The zero-order valence-electron chi connectivity index (χ0n) is 13.8. The molecule has 124 valence electrons. The summed E-state index contributed by atoms with van der Waals surface area (Å²) in [7, 11) is 0. The Labute approximate surface area is 181 Å². The summed E-state index contributed by atoms with van der Waals surface area (Å²) in [5.74, 6) is 0. The first-order valence-corrected chi connectivity index (χ1v) is 6.37. The van der Waals surface area contributed by atoms with Gasteiger partial charge in [-0.3, -0.25) is 0 Å². The van der Waals surface area contributed by atoms with Crippen LogP contribution >= 0.6 is 0 Å². The summed E-state index contributed by atoms with van der Waals surface area (Å²) in [4.78, 5) is 0. The fourth-order valence-corrected chi connectivity index (χ4v) is 2.91. The minimum atomic E-state index is 0. The molecule has 0 unspecified atom stereocenters. The van der Waals surface area contributed by atoms with Crippen LogP contribution in [0.15, 0.2) is 66.8 Å². The third-order valence-electron chi connectivity index (χ3n) is 3.77. The van der Waals surface area contributed by atoms with E-state index in [2.05, 4.69) is 66.8 Å². The van der Waals surface area contributed by atoms with Crippen molar-refractivity contribution in [2.45, 2.75) is 6.42 Å². The van der Waals surface area contributed by atoms with Gasteiger partial charge in [0.2, 0.25) is 0 Å². The number of halogens is 2. The molecule has 0 spiro atoms. The van der Waals surface area contributed by atoms with Crippen molar-refractivity contribution in [3.8, 4) is 0 Å². The van der Waals surface area contributed by atoms with E-state index in [0.717, 1.165) is 6.42 Å². The predicted molar refractivity (Wildman–Crippen MR) is 97.4 cm³/mol. The van der Waals surface area contributed by atoms with Crippen LogP contribution in [-0.4, -0.2) is 11.0 Å². The summed E-state index contributed by atoms with van der Waals surface area (Å²) in [5.41, 5.74) is 2.81. The zero-order chi connectivity index (χ0) is 11.9. The van der Waals surface area contributed by atoms with Gasteiger partial charge < -0.3 is 39.7 Å². The number of benzene rings is 2. The van der Waals surface area contributed by atoms with E-state index in [4.69, 9.17) is 0 Å². The Hall–Kier alpha value is -0.530. The van der Waals surface area contributed by atoms with Crippen LogP contribution in [0.25, 0.3) is 27.1 Å². The van der Waals surface area contributed by atoms with Crippen LogP contribution in [0.4, 0.5) is 0 Å². The molecule has 0 nitrogen and oxygen atoms in total. The third-order valence-corrected chi connectivity index (χ3v) is 3.77. The molecule has 3 aromatic rings. The molecule has 0 bridgehead atoms. The summed E-state index contributed by atoms with van der Waals surface area (Å²) in [6.07, 6.45) is 7.65. The second-order valence-corrected chi connectivity index (χ2v) is 4.82. The van der Waals surface area contributed by atoms with E-state index < -0.39 is 0 Å². The monoisotopic (exact) mass is 447 g/mol. The van der Waals surface area contributed by atoms with Gasteiger partial charge in [0, 0.05) is 11.0 Å². The maximum absolute atomic E-state index is 2.32. The van der Waals surface area contributed by atoms with Gasteiger partial charge >= 0.3 is 26.2 Å². The Balaban J connectivity index is -0.000000735. The molecule has 0 fully saturated rings. The molecular weight excluding hydrogens is 430 g/mol. The zero-order valence-corrected chi connectivity index (χ0v) is 18.8. The molecule has 0 heterocycles. The molecule has 0 aliphatic heterocycles. The van der Waals surface area contributed by atoms with Crippen molar-refractivity contribution in [3.05, 3.63) is 87.2 Å². The van der Waals surface area contributed by atoms with E-state index >= 15 is 0 Å². The van der Waals surface area contributed by atoms with Crippen LogP contribution in [0.5, 0.6) is 0 Å². The van der Waals surface area contributed by atoms with Gasteiger partial charge in [-0.1, -0.05) is 65.8 Å². The molecule has 0 N–H and O–H groups in total. The molecule has 1 aliphatic carbocycles. The van der Waals surface area contributed by atoms with Gasteiger partial charge in [-0.25, -0.2) is 0 Å². The number of hydrogen-bond acceptors (Lipinski definition) is 0. The topological polar surface area (TPSA) is 0 Å². The SMILES string of the molecule is C1=CCC(c2cccc3c2[cH-]c2ccccc23)=C1.[CH3-].[CH3-].[Cl-].[Cl-].[Si].[Zr+2]. The molecule has 0 amide bonds. The maximum Gasteiger partial charge on any atom is 2.00 e. The minimum absolute atomic E-state index is 0. The largest absolute Gasteiger partial charge is 2.00 e. The fourth-order valence-electron chi connectivity index (χ4n) is 2.91. The molecule has 0 atom stereocenters. The third kappa shape index (κ3) is 4.76. The molecule has 4 rings (SSSR count). The summed E-state index contributed by atoms with van der Waals surface area (Å²) in [6.45, 7) is 0. The molecule has 3 aromatic carbocycles. The minimum Gasteiger partial charge on any atom is -1.00 e. The van der Waals surface area contributed by atoms with E-state index in [0.29, 0.717) is 0 Å². The Bertz CT molecular complexity index is 819. The van der Waals surface area contributed by atoms with Gasteiger partial charge in [0.15, 0.2) is 0 Å². The Morgan fingerprint density at radius 1 is 0.833 bits per heavy atom. The fraction of sp³-hybridized carbons (Fsp3) is 0.0500. The van der Waals surface area contributed by atoms with E-state index in [1.165, 1.54) is 32.7 Å². The van der Waals surface area contributed by atoms with Crippen molar-refractivity contribution in [3.63, 3.8) is 0 Å². The molecule has 0 aromatic heterocycles. The summed E-state index contributed by atoms with van der Waals surface area (Å²) in [6, 6.07) is 17.6. The Morgan fingerprint density at radius 2 is 1.50 bits per heavy atom. The number of rotatable bonds is 1. The van der Waals surface area contributed by atoms with Gasteiger partial charge in [0.25, 0.3) is 0 Å². The molecule has 0 saturated carbocycles. The predicted octanol–water partition coefficient (Wildman–Crippen LogP) is -0.420. The van der Waals surface area contributed by atoms with Crippen LogP contribution in [0.2, 0.25) is 0 Å². The summed E-state index contributed by atoms with van der Waals surface area (Å²) in [5, 5.41) is 5.46. The van der Waals surface area contributed by atoms with Crippen molar-refractivity contribution >= 4 is 38.1 Å². The second kappa shape index (κ2) is 11.9. The average molecular weight is 450 g/mol. The number of allylic oxidation sites excluding steroid dienone is 4. The first kappa shape index (κ1) is 28.3. The Kier molecular flexibility index (Phi) is 14.1. The quantitative estimate of drug-likeness (QED) is 0.350. The average Bonchev–Trinajstić information content (AvgIpc) is 3.05. The van der Waals surface area contributed by atoms with Crippen molar-refractivity contribution < 1.29 is 51.0 Å². The standard InChI is InChI=1S/C18H13.2CH3.2ClH.Si.Zr/c1-2-7-13(6-1)15-10-5-11-17-16-9-4-3-8-14(16)12-18(15)17;;;;;;/h1-6,8-12H,7H2;2*1H3;2*1H;;/q3*-1;;;;+2/p-2. The molecule has 4 heteroatoms. The second-order valence-electron chi connectivity index (χ2n) is 4.82. The van der Waals surface area contributed by atoms with Gasteiger partial charge in [0.05, 0.1) is 0 Å². The molecule has 24 heavy (non-hydrogen) atoms. The molecular formula is C20H19Cl2SiZr-3. The molecule has 0 saturated heterocycles. The summed E-state index contributed by atoms with van der Waals surface area (Å²) < 4.78 is 0. The van der Waals surface area contributed by atoms with E-state index in [1.54, 1.807) is 0 Å². The number of hydrogen-bond donors (Lipinski definition) is 0. The summed E-state index contributed by atoms with van der Waals surface area (Å²) >= 11 is 0. The van der Waals surface area contributed by atoms with E-state index in [-0.39, 0.29) is 76.8 Å². The van der Waals surface area contributed by atoms with Crippen LogP contribution in [0.3, 0.4) is 0 Å². The van der Waals surface area contributed by atoms with Crippen molar-refractivity contribution in [1.29, 1.82) is 0 Å². The van der Waals surface area contributed by atoms with Crippen LogP contribution in [-0.2, 0) is 26.2 Å². The van der Waals surface area contributed by atoms with Crippen molar-refractivity contribution in [1.82, 2.24) is 0 Å². The van der Waals surface area contributed by atoms with Crippen molar-refractivity contribution in [2.24, 2.45) is 0 Å². The van der Waals surface area contributed by atoms with Crippen LogP contribution < -0.4 is 24.8 Å². The van der Waals surface area contributed by atoms with Gasteiger partial charge in [-0.05, 0) is 6.42 Å². The smallest absolute Gasteiger partial charge is 1.00 e. The Morgan fingerprint density at radius 3 is 2.17 bits per heavy atom. The van der Waals surface area contributed by atoms with Gasteiger partial charge in [-0.15, -0.1) is 33.7 Å². The van der Waals surface area contributed by atoms with Gasteiger partial charge in [-0.2, -0.15) is 0 Å². The number of fused-ring (bicyclic) bond motifs is 3. The van der Waals surface area contributed by atoms with Crippen molar-refractivity contribution in [2.75, 3.05) is 0 Å². The van der Waals surface area contributed by atoms with E-state index in [1.807, 2.05) is 0 Å². The molecule has 4 radical (unpaired) electrons. The van der Waals surface area contributed by atoms with E-state index in [9.17, 15) is 0 Å². The van der Waals surface area contributed by atoms with Gasteiger partial charge in [0.1, 0.15) is 0 Å². The molecule has 1 aliphatic rings. The van der Waals surface area contributed by atoms with Crippen LogP contribution in [0, 0.1) is 14.9 Å². The maximum atomic E-state index is 2.32. The first-order valence-electron chi connectivity index (χ1n) is 6.37. The first-order chi connectivity index (χ1) is 8.93. The normalized spacial score (nSPS) is 10.9.